The van der Waals surface area contributed by atoms with Gasteiger partial charge in [0.25, 0.3) is 0 Å². The molecule has 0 amide bonds. The van der Waals surface area contributed by atoms with Crippen LogP contribution in [0.5, 0.6) is 5.75 Å². The zero-order valence-electron chi connectivity index (χ0n) is 13.6. The Labute approximate surface area is 133 Å². The molecule has 1 aliphatic heterocycles. The van der Waals surface area contributed by atoms with Crippen LogP contribution in [-0.2, 0) is 10.0 Å². The van der Waals surface area contributed by atoms with E-state index in [4.69, 9.17) is 4.74 Å². The molecule has 0 aliphatic carbocycles. The quantitative estimate of drug-likeness (QED) is 0.830. The third kappa shape index (κ3) is 4.21. The van der Waals surface area contributed by atoms with Crippen LogP contribution in [0.4, 0.5) is 0 Å². The molecule has 124 valence electrons. The number of likely N-dealkylation sites (tertiary alicyclic amines) is 1. The van der Waals surface area contributed by atoms with Crippen LogP contribution in [0.1, 0.15) is 31.7 Å². The van der Waals surface area contributed by atoms with E-state index in [-0.39, 0.29) is 5.25 Å². The minimum absolute atomic E-state index is 0.282. The molecular formula is C16H26N2O3S. The van der Waals surface area contributed by atoms with Gasteiger partial charge in [-0.05, 0) is 36.6 Å². The Bertz CT molecular complexity index is 572. The average molecular weight is 326 g/mol. The topological polar surface area (TPSA) is 58.6 Å². The second-order valence-electron chi connectivity index (χ2n) is 5.89. The molecule has 1 saturated heterocycles. The van der Waals surface area contributed by atoms with E-state index in [0.29, 0.717) is 25.4 Å². The average Bonchev–Trinajstić information content (AvgIpc) is 2.96. The SMILES string of the molecule is CCNS(=O)(=O)[C@H]1CCN(C[C@H](C)c2ccc(OC)cc2)C1. The smallest absolute Gasteiger partial charge is 0.215 e. The summed E-state index contributed by atoms with van der Waals surface area (Å²) in [6.07, 6.45) is 0.713. The summed E-state index contributed by atoms with van der Waals surface area (Å²) in [6.45, 7) is 6.79. The highest BCUT2D eigenvalue weighted by Crippen LogP contribution is 2.23. The van der Waals surface area contributed by atoms with Crippen molar-refractivity contribution in [3.8, 4) is 5.75 Å². The van der Waals surface area contributed by atoms with Crippen molar-refractivity contribution in [3.05, 3.63) is 29.8 Å². The van der Waals surface area contributed by atoms with Crippen LogP contribution in [0, 0.1) is 0 Å². The van der Waals surface area contributed by atoms with Gasteiger partial charge in [-0.25, -0.2) is 13.1 Å². The van der Waals surface area contributed by atoms with Crippen LogP contribution in [0.3, 0.4) is 0 Å². The summed E-state index contributed by atoms with van der Waals surface area (Å²) < 4.78 is 31.9. The molecule has 2 rings (SSSR count). The fourth-order valence-electron chi connectivity index (χ4n) is 2.96. The monoisotopic (exact) mass is 326 g/mol. The largest absolute Gasteiger partial charge is 0.497 e. The first-order valence-corrected chi connectivity index (χ1v) is 9.35. The van der Waals surface area contributed by atoms with E-state index in [1.165, 1.54) is 5.56 Å². The molecule has 0 saturated carbocycles. The Morgan fingerprint density at radius 3 is 2.64 bits per heavy atom. The Morgan fingerprint density at radius 1 is 1.36 bits per heavy atom. The molecule has 0 bridgehead atoms. The number of ether oxygens (including phenoxy) is 1. The van der Waals surface area contributed by atoms with Crippen LogP contribution in [-0.4, -0.2) is 51.9 Å². The fraction of sp³-hybridized carbons (Fsp3) is 0.625. The molecule has 1 N–H and O–H groups in total. The second kappa shape index (κ2) is 7.44. The van der Waals surface area contributed by atoms with Gasteiger partial charge in [0.15, 0.2) is 0 Å². The molecule has 2 atom stereocenters. The Balaban J connectivity index is 1.91. The molecule has 1 fully saturated rings. The molecule has 0 radical (unpaired) electrons. The van der Waals surface area contributed by atoms with E-state index in [1.807, 2.05) is 19.1 Å². The summed E-state index contributed by atoms with van der Waals surface area (Å²) in [5.41, 5.74) is 1.25. The predicted octanol–water partition coefficient (Wildman–Crippen LogP) is 1.81. The normalized spacial score (nSPS) is 21.0. The van der Waals surface area contributed by atoms with Crippen molar-refractivity contribution in [2.45, 2.75) is 31.4 Å². The Kier molecular flexibility index (Phi) is 5.83. The van der Waals surface area contributed by atoms with E-state index in [2.05, 4.69) is 28.7 Å². The molecule has 1 heterocycles. The van der Waals surface area contributed by atoms with E-state index < -0.39 is 10.0 Å². The Morgan fingerprint density at radius 2 is 2.05 bits per heavy atom. The first-order chi connectivity index (χ1) is 10.5. The van der Waals surface area contributed by atoms with Gasteiger partial charge in [0.2, 0.25) is 10.0 Å². The lowest BCUT2D eigenvalue weighted by atomic mass is 10.0. The zero-order chi connectivity index (χ0) is 16.2. The maximum absolute atomic E-state index is 12.1. The van der Waals surface area contributed by atoms with Gasteiger partial charge >= 0.3 is 0 Å². The first-order valence-electron chi connectivity index (χ1n) is 7.81. The number of rotatable bonds is 7. The minimum atomic E-state index is -3.16. The zero-order valence-corrected chi connectivity index (χ0v) is 14.4. The number of hydrogen-bond donors (Lipinski definition) is 1. The van der Waals surface area contributed by atoms with Crippen molar-refractivity contribution in [1.29, 1.82) is 0 Å². The van der Waals surface area contributed by atoms with Crippen LogP contribution in [0.25, 0.3) is 0 Å². The van der Waals surface area contributed by atoms with Gasteiger partial charge in [0.1, 0.15) is 5.75 Å². The van der Waals surface area contributed by atoms with Crippen molar-refractivity contribution < 1.29 is 13.2 Å². The van der Waals surface area contributed by atoms with Crippen molar-refractivity contribution in [3.63, 3.8) is 0 Å². The lowest BCUT2D eigenvalue weighted by Crippen LogP contribution is -2.36. The van der Waals surface area contributed by atoms with Gasteiger partial charge in [0.05, 0.1) is 12.4 Å². The van der Waals surface area contributed by atoms with Gasteiger partial charge < -0.3 is 9.64 Å². The summed E-state index contributed by atoms with van der Waals surface area (Å²) in [6, 6.07) is 8.08. The molecule has 5 nitrogen and oxygen atoms in total. The molecule has 0 unspecified atom stereocenters. The lowest BCUT2D eigenvalue weighted by Gasteiger charge is -2.21. The molecule has 1 aromatic rings. The maximum atomic E-state index is 12.1. The summed E-state index contributed by atoms with van der Waals surface area (Å²) in [5, 5.41) is -0.282. The fourth-order valence-corrected chi connectivity index (χ4v) is 4.42. The molecular weight excluding hydrogens is 300 g/mol. The van der Waals surface area contributed by atoms with Gasteiger partial charge in [-0.3, -0.25) is 0 Å². The van der Waals surface area contributed by atoms with Crippen molar-refractivity contribution in [1.82, 2.24) is 9.62 Å². The molecule has 0 aromatic heterocycles. The Hall–Kier alpha value is -1.11. The molecule has 0 spiro atoms. The highest BCUT2D eigenvalue weighted by atomic mass is 32.2. The van der Waals surface area contributed by atoms with Crippen LogP contribution >= 0.6 is 0 Å². The second-order valence-corrected chi connectivity index (χ2v) is 7.93. The van der Waals surface area contributed by atoms with Crippen molar-refractivity contribution in [2.24, 2.45) is 0 Å². The number of hydrogen-bond acceptors (Lipinski definition) is 4. The van der Waals surface area contributed by atoms with E-state index >= 15 is 0 Å². The standard InChI is InChI=1S/C16H26N2O3S/c1-4-17-22(19,20)16-9-10-18(12-16)11-13(2)14-5-7-15(21-3)8-6-14/h5-8,13,16-17H,4,9-12H2,1-3H3/t13-,16-/m0/s1. The number of methoxy groups -OCH3 is 1. The minimum Gasteiger partial charge on any atom is -0.497 e. The van der Waals surface area contributed by atoms with Gasteiger partial charge in [-0.2, -0.15) is 0 Å². The molecule has 1 aromatic carbocycles. The summed E-state index contributed by atoms with van der Waals surface area (Å²) in [5.74, 6) is 1.22. The maximum Gasteiger partial charge on any atom is 0.215 e. The number of nitrogens with one attached hydrogen (secondary N) is 1. The van der Waals surface area contributed by atoms with Gasteiger partial charge in [-0.1, -0.05) is 26.0 Å². The molecule has 6 heteroatoms. The first kappa shape index (κ1) is 17.2. The summed E-state index contributed by atoms with van der Waals surface area (Å²) in [7, 11) is -1.50. The van der Waals surface area contributed by atoms with Crippen LogP contribution in [0.2, 0.25) is 0 Å². The van der Waals surface area contributed by atoms with Crippen LogP contribution in [0.15, 0.2) is 24.3 Å². The van der Waals surface area contributed by atoms with E-state index in [9.17, 15) is 8.42 Å². The van der Waals surface area contributed by atoms with Gasteiger partial charge in [0, 0.05) is 19.6 Å². The predicted molar refractivity (Wildman–Crippen MR) is 88.9 cm³/mol. The molecule has 22 heavy (non-hydrogen) atoms. The van der Waals surface area contributed by atoms with E-state index in [1.54, 1.807) is 7.11 Å². The number of nitrogens with zero attached hydrogens (tertiary/aromatic N) is 1. The number of benzene rings is 1. The van der Waals surface area contributed by atoms with Gasteiger partial charge in [-0.15, -0.1) is 0 Å². The lowest BCUT2D eigenvalue weighted by molar-refractivity contribution is 0.320. The van der Waals surface area contributed by atoms with Crippen LogP contribution < -0.4 is 9.46 Å². The number of sulfonamides is 1. The molecule has 1 aliphatic rings. The third-order valence-electron chi connectivity index (χ3n) is 4.23. The van der Waals surface area contributed by atoms with Crippen molar-refractivity contribution >= 4 is 10.0 Å². The highest BCUT2D eigenvalue weighted by Gasteiger charge is 2.32. The van der Waals surface area contributed by atoms with Crippen molar-refractivity contribution in [2.75, 3.05) is 33.3 Å². The summed E-state index contributed by atoms with van der Waals surface area (Å²) >= 11 is 0. The third-order valence-corrected chi connectivity index (χ3v) is 6.18. The summed E-state index contributed by atoms with van der Waals surface area (Å²) in [4.78, 5) is 2.24. The highest BCUT2D eigenvalue weighted by molar-refractivity contribution is 7.90. The van der Waals surface area contributed by atoms with E-state index in [0.717, 1.165) is 18.8 Å².